The quantitative estimate of drug-likeness (QED) is 0.773. The number of carbonyl (C=O) groups excluding carboxylic acids is 1. The molecule has 94 valence electrons. The van der Waals surface area contributed by atoms with Crippen LogP contribution in [0.1, 0.15) is 38.2 Å². The van der Waals surface area contributed by atoms with Crippen molar-refractivity contribution in [1.82, 2.24) is 9.88 Å². The van der Waals surface area contributed by atoms with Crippen molar-refractivity contribution in [3.05, 3.63) is 29.0 Å². The minimum Gasteiger partial charge on any atom is -0.335 e. The fourth-order valence-electron chi connectivity index (χ4n) is 1.60. The summed E-state index contributed by atoms with van der Waals surface area (Å²) in [7, 11) is 0. The van der Waals surface area contributed by atoms with Gasteiger partial charge in [0.2, 0.25) is 0 Å². The summed E-state index contributed by atoms with van der Waals surface area (Å²) in [4.78, 5) is 18.2. The molecule has 0 saturated carbocycles. The van der Waals surface area contributed by atoms with Crippen LogP contribution in [0, 0.1) is 5.92 Å². The van der Waals surface area contributed by atoms with Gasteiger partial charge < -0.3 is 4.90 Å². The molecule has 1 rings (SSSR count). The maximum atomic E-state index is 12.3. The largest absolute Gasteiger partial charge is 0.335 e. The number of pyridine rings is 1. The highest BCUT2D eigenvalue weighted by Gasteiger charge is 2.20. The van der Waals surface area contributed by atoms with Crippen LogP contribution in [0.2, 0.25) is 5.15 Å². The molecule has 0 spiro atoms. The molecule has 1 heterocycles. The Morgan fingerprint density at radius 3 is 2.47 bits per heavy atom. The van der Waals surface area contributed by atoms with E-state index in [1.807, 2.05) is 18.7 Å². The molecule has 0 aromatic carbocycles. The normalized spacial score (nSPS) is 11.0. The highest BCUT2D eigenvalue weighted by atomic mass is 35.5. The molecule has 17 heavy (non-hydrogen) atoms. The Kier molecular flexibility index (Phi) is 4.94. The van der Waals surface area contributed by atoms with E-state index >= 15 is 0 Å². The monoisotopic (exact) mass is 254 g/mol. The van der Waals surface area contributed by atoms with Gasteiger partial charge in [-0.3, -0.25) is 4.79 Å². The van der Waals surface area contributed by atoms with Crippen LogP contribution < -0.4 is 0 Å². The minimum atomic E-state index is -0.0591. The number of rotatable bonds is 4. The van der Waals surface area contributed by atoms with Crippen LogP contribution in [-0.4, -0.2) is 28.4 Å². The van der Waals surface area contributed by atoms with Crippen LogP contribution in [0.25, 0.3) is 0 Å². The molecule has 3 nitrogen and oxygen atoms in total. The van der Waals surface area contributed by atoms with E-state index in [0.29, 0.717) is 16.8 Å². The first kappa shape index (κ1) is 14.0. The SMILES string of the molecule is CC(C)CN(C(=O)c1cccc(Cl)n1)C(C)C. The van der Waals surface area contributed by atoms with Crippen LogP contribution in [0.15, 0.2) is 18.2 Å². The third-order valence-corrected chi connectivity index (χ3v) is 2.59. The predicted molar refractivity (Wildman–Crippen MR) is 70.3 cm³/mol. The van der Waals surface area contributed by atoms with Crippen LogP contribution in [0.4, 0.5) is 0 Å². The Bertz CT molecular complexity index is 391. The van der Waals surface area contributed by atoms with Crippen molar-refractivity contribution in [2.24, 2.45) is 5.92 Å². The minimum absolute atomic E-state index is 0.0591. The lowest BCUT2D eigenvalue weighted by atomic mass is 10.1. The Morgan fingerprint density at radius 1 is 1.35 bits per heavy atom. The highest BCUT2D eigenvalue weighted by molar-refractivity contribution is 6.29. The summed E-state index contributed by atoms with van der Waals surface area (Å²) < 4.78 is 0. The van der Waals surface area contributed by atoms with E-state index in [2.05, 4.69) is 18.8 Å². The van der Waals surface area contributed by atoms with E-state index in [0.717, 1.165) is 6.54 Å². The summed E-state index contributed by atoms with van der Waals surface area (Å²) >= 11 is 5.80. The molecule has 0 aliphatic rings. The number of nitrogens with zero attached hydrogens (tertiary/aromatic N) is 2. The fourth-order valence-corrected chi connectivity index (χ4v) is 1.76. The Morgan fingerprint density at radius 2 is 2.00 bits per heavy atom. The fraction of sp³-hybridized carbons (Fsp3) is 0.538. The first-order chi connectivity index (χ1) is 7.91. The van der Waals surface area contributed by atoms with Gasteiger partial charge >= 0.3 is 0 Å². The lowest BCUT2D eigenvalue weighted by Gasteiger charge is -2.28. The lowest BCUT2D eigenvalue weighted by molar-refractivity contribution is 0.0676. The number of halogens is 1. The van der Waals surface area contributed by atoms with Gasteiger partial charge in [0.1, 0.15) is 10.8 Å². The molecule has 0 radical (unpaired) electrons. The average Bonchev–Trinajstić information content (AvgIpc) is 2.24. The van der Waals surface area contributed by atoms with Gasteiger partial charge in [-0.25, -0.2) is 4.98 Å². The molecular weight excluding hydrogens is 236 g/mol. The molecular formula is C13H19ClN2O. The molecule has 1 aromatic rings. The van der Waals surface area contributed by atoms with E-state index in [4.69, 9.17) is 11.6 Å². The third kappa shape index (κ3) is 4.00. The summed E-state index contributed by atoms with van der Waals surface area (Å²) in [5.74, 6) is 0.372. The molecule has 0 saturated heterocycles. The van der Waals surface area contributed by atoms with E-state index in [1.165, 1.54) is 0 Å². The summed E-state index contributed by atoms with van der Waals surface area (Å²) in [6.07, 6.45) is 0. The summed E-state index contributed by atoms with van der Waals surface area (Å²) in [6.45, 7) is 8.92. The molecule has 0 atom stereocenters. The van der Waals surface area contributed by atoms with Crippen LogP contribution in [0.3, 0.4) is 0 Å². The van der Waals surface area contributed by atoms with Crippen LogP contribution in [0.5, 0.6) is 0 Å². The summed E-state index contributed by atoms with van der Waals surface area (Å²) in [5.41, 5.74) is 0.409. The van der Waals surface area contributed by atoms with Gasteiger partial charge in [0.05, 0.1) is 0 Å². The average molecular weight is 255 g/mol. The second-order valence-corrected chi connectivity index (χ2v) is 5.18. The molecule has 1 amide bonds. The van der Waals surface area contributed by atoms with Crippen molar-refractivity contribution in [2.45, 2.75) is 33.7 Å². The highest BCUT2D eigenvalue weighted by Crippen LogP contribution is 2.12. The smallest absolute Gasteiger partial charge is 0.272 e. The van der Waals surface area contributed by atoms with E-state index in [9.17, 15) is 4.79 Å². The molecule has 0 unspecified atom stereocenters. The Balaban J connectivity index is 2.92. The van der Waals surface area contributed by atoms with E-state index in [1.54, 1.807) is 18.2 Å². The van der Waals surface area contributed by atoms with E-state index < -0.39 is 0 Å². The first-order valence-electron chi connectivity index (χ1n) is 5.85. The zero-order chi connectivity index (χ0) is 13.0. The second kappa shape index (κ2) is 6.01. The van der Waals surface area contributed by atoms with Crippen molar-refractivity contribution in [3.8, 4) is 0 Å². The number of hydrogen-bond acceptors (Lipinski definition) is 2. The molecule has 0 fully saturated rings. The van der Waals surface area contributed by atoms with Crippen molar-refractivity contribution in [1.29, 1.82) is 0 Å². The number of amides is 1. The maximum absolute atomic E-state index is 12.3. The first-order valence-corrected chi connectivity index (χ1v) is 6.23. The van der Waals surface area contributed by atoms with Gasteiger partial charge in [0.25, 0.3) is 5.91 Å². The third-order valence-electron chi connectivity index (χ3n) is 2.38. The van der Waals surface area contributed by atoms with Gasteiger partial charge in [-0.05, 0) is 31.9 Å². The zero-order valence-electron chi connectivity index (χ0n) is 10.8. The molecule has 0 aliphatic heterocycles. The van der Waals surface area contributed by atoms with E-state index in [-0.39, 0.29) is 11.9 Å². The van der Waals surface area contributed by atoms with Gasteiger partial charge in [0, 0.05) is 12.6 Å². The van der Waals surface area contributed by atoms with Crippen molar-refractivity contribution in [2.75, 3.05) is 6.54 Å². The molecule has 0 N–H and O–H groups in total. The van der Waals surface area contributed by atoms with Crippen molar-refractivity contribution < 1.29 is 4.79 Å². The topological polar surface area (TPSA) is 33.2 Å². The molecule has 0 bridgehead atoms. The van der Waals surface area contributed by atoms with Gasteiger partial charge in [-0.1, -0.05) is 31.5 Å². The van der Waals surface area contributed by atoms with Crippen molar-refractivity contribution in [3.63, 3.8) is 0 Å². The lowest BCUT2D eigenvalue weighted by Crippen LogP contribution is -2.39. The number of carbonyl (C=O) groups is 1. The zero-order valence-corrected chi connectivity index (χ0v) is 11.5. The van der Waals surface area contributed by atoms with Crippen LogP contribution >= 0.6 is 11.6 Å². The second-order valence-electron chi connectivity index (χ2n) is 4.79. The standard InChI is InChI=1S/C13H19ClN2O/c1-9(2)8-16(10(3)4)13(17)11-6-5-7-12(14)15-11/h5-7,9-10H,8H2,1-4H3. The van der Waals surface area contributed by atoms with Gasteiger partial charge in [0.15, 0.2) is 0 Å². The predicted octanol–water partition coefficient (Wildman–Crippen LogP) is 3.24. The Hall–Kier alpha value is -1.09. The van der Waals surface area contributed by atoms with Crippen LogP contribution in [-0.2, 0) is 0 Å². The summed E-state index contributed by atoms with van der Waals surface area (Å²) in [5, 5.41) is 0.351. The van der Waals surface area contributed by atoms with Crippen molar-refractivity contribution >= 4 is 17.5 Å². The molecule has 4 heteroatoms. The number of aromatic nitrogens is 1. The summed E-state index contributed by atoms with van der Waals surface area (Å²) in [6, 6.07) is 5.27. The van der Waals surface area contributed by atoms with Gasteiger partial charge in [-0.15, -0.1) is 0 Å². The molecule has 1 aromatic heterocycles. The molecule has 0 aliphatic carbocycles. The Labute approximate surface area is 108 Å². The number of hydrogen-bond donors (Lipinski definition) is 0. The van der Waals surface area contributed by atoms with Gasteiger partial charge in [-0.2, -0.15) is 0 Å². The maximum Gasteiger partial charge on any atom is 0.272 e.